The van der Waals surface area contributed by atoms with Gasteiger partial charge in [0.15, 0.2) is 0 Å². The van der Waals surface area contributed by atoms with Crippen molar-refractivity contribution in [3.8, 4) is 5.75 Å². The lowest BCUT2D eigenvalue weighted by molar-refractivity contribution is 0.0767. The first-order valence-electron chi connectivity index (χ1n) is 6.63. The summed E-state index contributed by atoms with van der Waals surface area (Å²) in [5.41, 5.74) is 1.56. The van der Waals surface area contributed by atoms with E-state index < -0.39 is 0 Å². The number of amides is 1. The molecule has 1 aromatic heterocycles. The lowest BCUT2D eigenvalue weighted by Gasteiger charge is -2.17. The van der Waals surface area contributed by atoms with E-state index in [0.29, 0.717) is 23.3 Å². The molecule has 0 bridgehead atoms. The van der Waals surface area contributed by atoms with Crippen LogP contribution >= 0.6 is 15.9 Å². The van der Waals surface area contributed by atoms with E-state index in [2.05, 4.69) is 20.9 Å². The van der Waals surface area contributed by atoms with Gasteiger partial charge in [-0.25, -0.2) is 4.98 Å². The fraction of sp³-hybridized carbons (Fsp3) is 0.250. The molecular formula is C16H17BrN2O2. The summed E-state index contributed by atoms with van der Waals surface area (Å²) < 4.78 is 6.34. The van der Waals surface area contributed by atoms with E-state index in [9.17, 15) is 4.79 Å². The van der Waals surface area contributed by atoms with E-state index in [1.54, 1.807) is 30.3 Å². The summed E-state index contributed by atoms with van der Waals surface area (Å²) in [6.07, 6.45) is 1.61. The lowest BCUT2D eigenvalue weighted by atomic mass is 10.2. The predicted octanol–water partition coefficient (Wildman–Crippen LogP) is 3.30. The molecule has 110 valence electrons. The average molecular weight is 349 g/mol. The van der Waals surface area contributed by atoms with Gasteiger partial charge in [0, 0.05) is 17.7 Å². The predicted molar refractivity (Wildman–Crippen MR) is 85.6 cm³/mol. The molecule has 0 aliphatic heterocycles. The maximum Gasteiger partial charge on any atom is 0.273 e. The Morgan fingerprint density at radius 2 is 2.14 bits per heavy atom. The van der Waals surface area contributed by atoms with Gasteiger partial charge in [-0.2, -0.15) is 0 Å². The Hall–Kier alpha value is -1.88. The quantitative estimate of drug-likeness (QED) is 0.832. The van der Waals surface area contributed by atoms with Gasteiger partial charge < -0.3 is 9.64 Å². The molecule has 2 aromatic rings. The molecule has 0 atom stereocenters. The van der Waals surface area contributed by atoms with Crippen molar-refractivity contribution in [2.45, 2.75) is 6.92 Å². The SMILES string of the molecule is Cc1cccc(OCCN(C)C(=O)c2ncccc2Br)c1. The van der Waals surface area contributed by atoms with Crippen LogP contribution in [-0.2, 0) is 0 Å². The Morgan fingerprint density at radius 1 is 1.33 bits per heavy atom. The van der Waals surface area contributed by atoms with Crippen LogP contribution in [0.5, 0.6) is 5.75 Å². The fourth-order valence-electron chi connectivity index (χ4n) is 1.83. The Labute approximate surface area is 132 Å². The first-order chi connectivity index (χ1) is 10.1. The molecule has 0 aliphatic rings. The van der Waals surface area contributed by atoms with Crippen LogP contribution in [0, 0.1) is 6.92 Å². The van der Waals surface area contributed by atoms with Crippen LogP contribution in [0.15, 0.2) is 47.1 Å². The third kappa shape index (κ3) is 4.29. The molecule has 0 unspecified atom stereocenters. The molecule has 0 N–H and O–H groups in total. The molecule has 0 aliphatic carbocycles. The van der Waals surface area contributed by atoms with Crippen molar-refractivity contribution in [3.05, 3.63) is 58.3 Å². The maximum absolute atomic E-state index is 12.2. The third-order valence-electron chi connectivity index (χ3n) is 2.99. The number of nitrogens with zero attached hydrogens (tertiary/aromatic N) is 2. The summed E-state index contributed by atoms with van der Waals surface area (Å²) in [7, 11) is 1.74. The largest absolute Gasteiger partial charge is 0.492 e. The second-order valence-electron chi connectivity index (χ2n) is 4.73. The maximum atomic E-state index is 12.2. The van der Waals surface area contributed by atoms with E-state index in [0.717, 1.165) is 11.3 Å². The molecule has 0 spiro atoms. The standard InChI is InChI=1S/C16H17BrN2O2/c1-12-5-3-6-13(11-12)21-10-9-19(2)16(20)15-14(17)7-4-8-18-15/h3-8,11H,9-10H2,1-2H3. The molecule has 5 heteroatoms. The van der Waals surface area contributed by atoms with Crippen LogP contribution in [0.25, 0.3) is 0 Å². The van der Waals surface area contributed by atoms with Crippen LogP contribution in [0.1, 0.15) is 16.1 Å². The number of aromatic nitrogens is 1. The van der Waals surface area contributed by atoms with Gasteiger partial charge in [-0.1, -0.05) is 12.1 Å². The minimum absolute atomic E-state index is 0.129. The number of likely N-dealkylation sites (N-methyl/N-ethyl adjacent to an activating group) is 1. The van der Waals surface area contributed by atoms with Crippen LogP contribution < -0.4 is 4.74 Å². The zero-order chi connectivity index (χ0) is 15.2. The number of carbonyl (C=O) groups excluding carboxylic acids is 1. The number of hydrogen-bond acceptors (Lipinski definition) is 3. The van der Waals surface area contributed by atoms with Crippen molar-refractivity contribution in [1.82, 2.24) is 9.88 Å². The zero-order valence-corrected chi connectivity index (χ0v) is 13.6. The summed E-state index contributed by atoms with van der Waals surface area (Å²) >= 11 is 3.34. The average Bonchev–Trinajstić information content (AvgIpc) is 2.47. The third-order valence-corrected chi connectivity index (χ3v) is 3.63. The van der Waals surface area contributed by atoms with Crippen molar-refractivity contribution >= 4 is 21.8 Å². The minimum atomic E-state index is -0.129. The van der Waals surface area contributed by atoms with E-state index in [-0.39, 0.29) is 5.91 Å². The monoisotopic (exact) mass is 348 g/mol. The highest BCUT2D eigenvalue weighted by molar-refractivity contribution is 9.10. The topological polar surface area (TPSA) is 42.4 Å². The van der Waals surface area contributed by atoms with Crippen LogP contribution in [0.2, 0.25) is 0 Å². The van der Waals surface area contributed by atoms with Gasteiger partial charge in [0.2, 0.25) is 0 Å². The second-order valence-corrected chi connectivity index (χ2v) is 5.58. The van der Waals surface area contributed by atoms with Gasteiger partial charge >= 0.3 is 0 Å². The number of carbonyl (C=O) groups is 1. The van der Waals surface area contributed by atoms with Crippen LogP contribution in [0.4, 0.5) is 0 Å². The van der Waals surface area contributed by atoms with Gasteiger partial charge in [-0.15, -0.1) is 0 Å². The molecule has 0 saturated heterocycles. The molecule has 4 nitrogen and oxygen atoms in total. The zero-order valence-electron chi connectivity index (χ0n) is 12.0. The van der Waals surface area contributed by atoms with Gasteiger partial charge in [0.25, 0.3) is 5.91 Å². The second kappa shape index (κ2) is 7.22. The fourth-order valence-corrected chi connectivity index (χ4v) is 2.26. The highest BCUT2D eigenvalue weighted by atomic mass is 79.9. The van der Waals surface area contributed by atoms with E-state index in [4.69, 9.17) is 4.74 Å². The molecule has 0 radical (unpaired) electrons. The molecular weight excluding hydrogens is 332 g/mol. The smallest absolute Gasteiger partial charge is 0.273 e. The summed E-state index contributed by atoms with van der Waals surface area (Å²) in [6, 6.07) is 11.4. The van der Waals surface area contributed by atoms with E-state index in [1.807, 2.05) is 31.2 Å². The van der Waals surface area contributed by atoms with E-state index in [1.165, 1.54) is 0 Å². The van der Waals surface area contributed by atoms with Crippen molar-refractivity contribution in [3.63, 3.8) is 0 Å². The number of aryl methyl sites for hydroxylation is 1. The Morgan fingerprint density at radius 3 is 2.86 bits per heavy atom. The highest BCUT2D eigenvalue weighted by Crippen LogP contribution is 2.15. The molecule has 21 heavy (non-hydrogen) atoms. The molecule has 1 aromatic carbocycles. The van der Waals surface area contributed by atoms with E-state index >= 15 is 0 Å². The van der Waals surface area contributed by atoms with Crippen molar-refractivity contribution in [1.29, 1.82) is 0 Å². The van der Waals surface area contributed by atoms with Crippen LogP contribution in [0.3, 0.4) is 0 Å². The summed E-state index contributed by atoms with van der Waals surface area (Å²) in [5.74, 6) is 0.685. The van der Waals surface area contributed by atoms with Crippen molar-refractivity contribution in [2.75, 3.05) is 20.2 Å². The lowest BCUT2D eigenvalue weighted by Crippen LogP contribution is -2.31. The number of hydrogen-bond donors (Lipinski definition) is 0. The van der Waals surface area contributed by atoms with Crippen molar-refractivity contribution in [2.24, 2.45) is 0 Å². The van der Waals surface area contributed by atoms with Crippen LogP contribution in [-0.4, -0.2) is 36.0 Å². The molecule has 2 rings (SSSR count). The van der Waals surface area contributed by atoms with Gasteiger partial charge in [-0.3, -0.25) is 4.79 Å². The number of benzene rings is 1. The first-order valence-corrected chi connectivity index (χ1v) is 7.42. The Kier molecular flexibility index (Phi) is 5.33. The van der Waals surface area contributed by atoms with Gasteiger partial charge in [0.1, 0.15) is 18.1 Å². The number of ether oxygens (including phenoxy) is 1. The summed E-state index contributed by atoms with van der Waals surface area (Å²) in [4.78, 5) is 17.9. The van der Waals surface area contributed by atoms with Gasteiger partial charge in [-0.05, 0) is 52.7 Å². The van der Waals surface area contributed by atoms with Gasteiger partial charge in [0.05, 0.1) is 6.54 Å². The number of halogens is 1. The Balaban J connectivity index is 1.89. The number of pyridine rings is 1. The summed E-state index contributed by atoms with van der Waals surface area (Å²) in [5, 5.41) is 0. The molecule has 1 heterocycles. The molecule has 0 saturated carbocycles. The minimum Gasteiger partial charge on any atom is -0.492 e. The number of rotatable bonds is 5. The summed E-state index contributed by atoms with van der Waals surface area (Å²) in [6.45, 7) is 2.95. The highest BCUT2D eigenvalue weighted by Gasteiger charge is 2.15. The normalized spacial score (nSPS) is 10.2. The Bertz CT molecular complexity index is 631. The molecule has 1 amide bonds. The molecule has 0 fully saturated rings. The first kappa shape index (κ1) is 15.5. The van der Waals surface area contributed by atoms with Crippen molar-refractivity contribution < 1.29 is 9.53 Å².